The molecular weight excluding hydrogens is 302 g/mol. The van der Waals surface area contributed by atoms with Crippen molar-refractivity contribution >= 4 is 35.0 Å². The molecule has 5 N–H and O–H groups in total. The van der Waals surface area contributed by atoms with Gasteiger partial charge >= 0.3 is 0 Å². The van der Waals surface area contributed by atoms with Gasteiger partial charge in [0.25, 0.3) is 0 Å². The molecule has 0 aliphatic rings. The maximum absolute atomic E-state index is 12.0. The smallest absolute Gasteiger partial charge is 0.237 e. The normalized spacial score (nSPS) is 13.0. The number of halogens is 1. The van der Waals surface area contributed by atoms with Gasteiger partial charge in [0.1, 0.15) is 0 Å². The standard InChI is InChI=1S/C16H19N3O2.ClH/c1-10(19-16(21)14(17)9-15(18)20)12-8-4-6-11-5-2-3-7-13(11)12;/h2-8,10,14H,9,17H2,1H3,(H2,18,20)(H,19,21);1H. The van der Waals surface area contributed by atoms with Gasteiger partial charge in [-0.05, 0) is 23.3 Å². The van der Waals surface area contributed by atoms with E-state index in [4.69, 9.17) is 11.5 Å². The molecule has 0 fully saturated rings. The highest BCUT2D eigenvalue weighted by atomic mass is 35.5. The lowest BCUT2D eigenvalue weighted by atomic mass is 9.99. The molecule has 0 spiro atoms. The van der Waals surface area contributed by atoms with Crippen LogP contribution in [0.1, 0.15) is 24.9 Å². The van der Waals surface area contributed by atoms with Crippen LogP contribution in [-0.4, -0.2) is 17.9 Å². The van der Waals surface area contributed by atoms with Crippen molar-refractivity contribution in [1.29, 1.82) is 0 Å². The Morgan fingerprint density at radius 3 is 2.45 bits per heavy atom. The number of hydrogen-bond acceptors (Lipinski definition) is 3. The summed E-state index contributed by atoms with van der Waals surface area (Å²) in [5.74, 6) is -0.968. The van der Waals surface area contributed by atoms with Crippen molar-refractivity contribution in [3.63, 3.8) is 0 Å². The second kappa shape index (κ2) is 7.77. The minimum Gasteiger partial charge on any atom is -0.370 e. The Morgan fingerprint density at radius 1 is 1.14 bits per heavy atom. The first-order valence-electron chi connectivity index (χ1n) is 6.81. The highest BCUT2D eigenvalue weighted by molar-refractivity contribution is 5.89. The maximum Gasteiger partial charge on any atom is 0.237 e. The van der Waals surface area contributed by atoms with Gasteiger partial charge in [-0.25, -0.2) is 0 Å². The van der Waals surface area contributed by atoms with Crippen LogP contribution in [0.25, 0.3) is 10.8 Å². The zero-order valence-corrected chi connectivity index (χ0v) is 13.1. The Hall–Kier alpha value is -2.11. The van der Waals surface area contributed by atoms with Crippen LogP contribution in [0.2, 0.25) is 0 Å². The third-order valence-electron chi connectivity index (χ3n) is 3.41. The fourth-order valence-electron chi connectivity index (χ4n) is 2.34. The Morgan fingerprint density at radius 2 is 1.77 bits per heavy atom. The molecular formula is C16H20ClN3O2. The van der Waals surface area contributed by atoms with Gasteiger partial charge in [-0.3, -0.25) is 9.59 Å². The molecule has 0 saturated carbocycles. The van der Waals surface area contributed by atoms with Crippen molar-refractivity contribution < 1.29 is 9.59 Å². The number of nitrogens with two attached hydrogens (primary N) is 2. The first-order chi connectivity index (χ1) is 9.99. The van der Waals surface area contributed by atoms with Crippen molar-refractivity contribution in [2.45, 2.75) is 25.4 Å². The second-order valence-corrected chi connectivity index (χ2v) is 5.08. The molecule has 0 heterocycles. The summed E-state index contributed by atoms with van der Waals surface area (Å²) in [7, 11) is 0. The molecule has 6 heteroatoms. The molecule has 0 bridgehead atoms. The molecule has 0 aliphatic heterocycles. The monoisotopic (exact) mass is 321 g/mol. The van der Waals surface area contributed by atoms with Crippen molar-refractivity contribution in [3.05, 3.63) is 48.0 Å². The highest BCUT2D eigenvalue weighted by Crippen LogP contribution is 2.24. The topological polar surface area (TPSA) is 98.2 Å². The van der Waals surface area contributed by atoms with Gasteiger partial charge in [0.05, 0.1) is 18.5 Å². The van der Waals surface area contributed by atoms with Gasteiger partial charge in [-0.1, -0.05) is 42.5 Å². The Bertz CT molecular complexity index is 670. The predicted octanol–water partition coefficient (Wildman–Crippen LogP) is 1.64. The Kier molecular flexibility index (Phi) is 6.34. The molecule has 2 unspecified atom stereocenters. The molecule has 118 valence electrons. The zero-order valence-electron chi connectivity index (χ0n) is 12.3. The summed E-state index contributed by atoms with van der Waals surface area (Å²) in [5.41, 5.74) is 11.7. The molecule has 2 rings (SSSR count). The average molecular weight is 322 g/mol. The number of amides is 2. The number of carbonyl (C=O) groups is 2. The van der Waals surface area contributed by atoms with Crippen LogP contribution in [-0.2, 0) is 9.59 Å². The van der Waals surface area contributed by atoms with E-state index in [0.717, 1.165) is 16.3 Å². The molecule has 0 aliphatic carbocycles. The number of nitrogens with one attached hydrogen (secondary N) is 1. The Labute approximate surface area is 135 Å². The average Bonchev–Trinajstić information content (AvgIpc) is 2.45. The van der Waals surface area contributed by atoms with E-state index < -0.39 is 11.9 Å². The lowest BCUT2D eigenvalue weighted by molar-refractivity contribution is -0.126. The van der Waals surface area contributed by atoms with E-state index in [2.05, 4.69) is 5.32 Å². The zero-order chi connectivity index (χ0) is 15.4. The van der Waals surface area contributed by atoms with E-state index in [0.29, 0.717) is 0 Å². The first kappa shape index (κ1) is 17.9. The number of rotatable bonds is 5. The molecule has 2 amide bonds. The summed E-state index contributed by atoms with van der Waals surface area (Å²) in [6.45, 7) is 1.89. The van der Waals surface area contributed by atoms with Crippen LogP contribution < -0.4 is 16.8 Å². The van der Waals surface area contributed by atoms with Crippen molar-refractivity contribution in [2.75, 3.05) is 0 Å². The van der Waals surface area contributed by atoms with Gasteiger partial charge in [0.15, 0.2) is 0 Å². The minimum atomic E-state index is -0.917. The largest absolute Gasteiger partial charge is 0.370 e. The third kappa shape index (κ3) is 4.19. The van der Waals surface area contributed by atoms with Crippen LogP contribution in [0.15, 0.2) is 42.5 Å². The van der Waals surface area contributed by atoms with Crippen LogP contribution >= 0.6 is 12.4 Å². The van der Waals surface area contributed by atoms with Gasteiger partial charge in [0, 0.05) is 0 Å². The van der Waals surface area contributed by atoms with Crippen molar-refractivity contribution in [2.24, 2.45) is 11.5 Å². The second-order valence-electron chi connectivity index (χ2n) is 5.08. The van der Waals surface area contributed by atoms with E-state index >= 15 is 0 Å². The highest BCUT2D eigenvalue weighted by Gasteiger charge is 2.19. The molecule has 2 atom stereocenters. The molecule has 2 aromatic carbocycles. The summed E-state index contributed by atoms with van der Waals surface area (Å²) < 4.78 is 0. The van der Waals surface area contributed by atoms with E-state index in [1.165, 1.54) is 0 Å². The number of fused-ring (bicyclic) bond motifs is 1. The molecule has 2 aromatic rings. The van der Waals surface area contributed by atoms with Gasteiger partial charge in [0.2, 0.25) is 11.8 Å². The van der Waals surface area contributed by atoms with Crippen LogP contribution in [0, 0.1) is 0 Å². The molecule has 0 radical (unpaired) electrons. The van der Waals surface area contributed by atoms with Gasteiger partial charge in [-0.2, -0.15) is 0 Å². The van der Waals surface area contributed by atoms with E-state index in [-0.39, 0.29) is 30.8 Å². The fraction of sp³-hybridized carbons (Fsp3) is 0.250. The summed E-state index contributed by atoms with van der Waals surface area (Å²) in [6.07, 6.45) is -0.159. The van der Waals surface area contributed by atoms with Crippen LogP contribution in [0.3, 0.4) is 0 Å². The van der Waals surface area contributed by atoms with Crippen molar-refractivity contribution in [1.82, 2.24) is 5.32 Å². The SMILES string of the molecule is CC(NC(=O)C(N)CC(N)=O)c1cccc2ccccc12.Cl. The first-order valence-corrected chi connectivity index (χ1v) is 6.81. The van der Waals surface area contributed by atoms with Gasteiger partial charge in [-0.15, -0.1) is 12.4 Å². The van der Waals surface area contributed by atoms with Crippen LogP contribution in [0.4, 0.5) is 0 Å². The quantitative estimate of drug-likeness (QED) is 0.780. The van der Waals surface area contributed by atoms with E-state index in [1.54, 1.807) is 0 Å². The third-order valence-corrected chi connectivity index (χ3v) is 3.41. The summed E-state index contributed by atoms with van der Waals surface area (Å²) in [6, 6.07) is 12.8. The fourth-order valence-corrected chi connectivity index (χ4v) is 2.34. The van der Waals surface area contributed by atoms with Crippen LogP contribution in [0.5, 0.6) is 0 Å². The maximum atomic E-state index is 12.0. The summed E-state index contributed by atoms with van der Waals surface area (Å²) in [4.78, 5) is 22.8. The predicted molar refractivity (Wildman–Crippen MR) is 89.5 cm³/mol. The number of benzene rings is 2. The van der Waals surface area contributed by atoms with E-state index in [1.807, 2.05) is 49.4 Å². The molecule has 22 heavy (non-hydrogen) atoms. The number of hydrogen-bond donors (Lipinski definition) is 3. The lowest BCUT2D eigenvalue weighted by Crippen LogP contribution is -2.43. The summed E-state index contributed by atoms with van der Waals surface area (Å²) >= 11 is 0. The molecule has 0 saturated heterocycles. The number of primary amides is 1. The van der Waals surface area contributed by atoms with Gasteiger partial charge < -0.3 is 16.8 Å². The molecule has 0 aromatic heterocycles. The Balaban J connectivity index is 0.00000242. The number of carbonyl (C=O) groups excluding carboxylic acids is 2. The molecule has 5 nitrogen and oxygen atoms in total. The minimum absolute atomic E-state index is 0. The summed E-state index contributed by atoms with van der Waals surface area (Å²) in [5, 5.41) is 5.01. The lowest BCUT2D eigenvalue weighted by Gasteiger charge is -2.19. The van der Waals surface area contributed by atoms with E-state index in [9.17, 15) is 9.59 Å². The van der Waals surface area contributed by atoms with Crippen molar-refractivity contribution in [3.8, 4) is 0 Å².